The van der Waals surface area contributed by atoms with Crippen molar-refractivity contribution in [2.45, 2.75) is 24.8 Å². The summed E-state index contributed by atoms with van der Waals surface area (Å²) in [7, 11) is 1.77. The van der Waals surface area contributed by atoms with Gasteiger partial charge in [0.2, 0.25) is 0 Å². The molecule has 0 bridgehead atoms. The van der Waals surface area contributed by atoms with E-state index in [-0.39, 0.29) is 0 Å². The molecule has 2 nitrogen and oxygen atoms in total. The molecule has 1 aliphatic heterocycles. The van der Waals surface area contributed by atoms with Crippen molar-refractivity contribution < 1.29 is 4.74 Å². The largest absolute Gasteiger partial charge is 0.383 e. The molecular weight excluding hydrogens is 266 g/mol. The van der Waals surface area contributed by atoms with Crippen LogP contribution in [0.4, 0.5) is 0 Å². The van der Waals surface area contributed by atoms with Crippen molar-refractivity contribution in [1.29, 1.82) is 0 Å². The topological polar surface area (TPSA) is 21.3 Å². The molecule has 1 saturated heterocycles. The lowest BCUT2D eigenvalue weighted by molar-refractivity contribution is 0.149. The zero-order valence-electron chi connectivity index (χ0n) is 9.58. The Balaban J connectivity index is 2.01. The first-order valence-corrected chi connectivity index (χ1v) is 6.56. The number of nitrogens with one attached hydrogen (secondary N) is 1. The first kappa shape index (κ1) is 12.1. The van der Waals surface area contributed by atoms with Gasteiger partial charge in [-0.3, -0.25) is 0 Å². The van der Waals surface area contributed by atoms with Crippen LogP contribution in [0.1, 0.15) is 24.3 Å². The summed E-state index contributed by atoms with van der Waals surface area (Å²) in [5.74, 6) is 0.675. The lowest BCUT2D eigenvalue weighted by Gasteiger charge is -2.30. The number of rotatable bonds is 3. The number of hydrogen-bond donors (Lipinski definition) is 1. The molecule has 1 aromatic rings. The molecule has 0 aliphatic carbocycles. The van der Waals surface area contributed by atoms with Gasteiger partial charge in [0.15, 0.2) is 0 Å². The molecule has 0 spiro atoms. The Hall–Kier alpha value is -0.380. The van der Waals surface area contributed by atoms with Crippen LogP contribution in [0.15, 0.2) is 28.7 Å². The highest BCUT2D eigenvalue weighted by Crippen LogP contribution is 2.28. The molecule has 2 rings (SSSR count). The molecule has 2 unspecified atom stereocenters. The second kappa shape index (κ2) is 5.80. The minimum absolute atomic E-state index is 0.507. The van der Waals surface area contributed by atoms with Gasteiger partial charge >= 0.3 is 0 Å². The Morgan fingerprint density at radius 3 is 2.81 bits per heavy atom. The number of halogens is 1. The van der Waals surface area contributed by atoms with Crippen LogP contribution in [-0.2, 0) is 4.74 Å². The van der Waals surface area contributed by atoms with Crippen LogP contribution >= 0.6 is 15.9 Å². The molecule has 1 aliphatic rings. The summed E-state index contributed by atoms with van der Waals surface area (Å²) in [6, 6.07) is 9.21. The van der Waals surface area contributed by atoms with Crippen molar-refractivity contribution in [2.24, 2.45) is 0 Å². The maximum absolute atomic E-state index is 5.21. The Morgan fingerprint density at radius 2 is 2.12 bits per heavy atom. The predicted molar refractivity (Wildman–Crippen MR) is 69.8 cm³/mol. The first-order valence-electron chi connectivity index (χ1n) is 5.77. The molecule has 1 heterocycles. The molecule has 0 radical (unpaired) electrons. The van der Waals surface area contributed by atoms with Gasteiger partial charge in [-0.15, -0.1) is 0 Å². The van der Waals surface area contributed by atoms with E-state index in [2.05, 4.69) is 45.5 Å². The Bertz CT molecular complexity index is 323. The molecule has 0 amide bonds. The fourth-order valence-corrected chi connectivity index (χ4v) is 2.64. The number of benzene rings is 1. The van der Waals surface area contributed by atoms with E-state index in [4.69, 9.17) is 4.74 Å². The molecule has 2 atom stereocenters. The SMILES string of the molecule is COCC1CC(c2ccc(Br)cc2)CCN1. The van der Waals surface area contributed by atoms with Crippen molar-refractivity contribution in [3.05, 3.63) is 34.3 Å². The quantitative estimate of drug-likeness (QED) is 0.921. The van der Waals surface area contributed by atoms with Crippen LogP contribution in [0, 0.1) is 0 Å². The van der Waals surface area contributed by atoms with Crippen molar-refractivity contribution in [3.63, 3.8) is 0 Å². The van der Waals surface area contributed by atoms with Crippen LogP contribution in [-0.4, -0.2) is 26.3 Å². The molecule has 1 aromatic carbocycles. The molecule has 0 saturated carbocycles. The molecule has 16 heavy (non-hydrogen) atoms. The third-order valence-corrected chi connectivity index (χ3v) is 3.73. The average molecular weight is 284 g/mol. The fourth-order valence-electron chi connectivity index (χ4n) is 2.37. The number of piperidine rings is 1. The highest BCUT2D eigenvalue weighted by Gasteiger charge is 2.22. The summed E-state index contributed by atoms with van der Waals surface area (Å²) in [6.45, 7) is 1.90. The van der Waals surface area contributed by atoms with Gasteiger partial charge in [0.05, 0.1) is 6.61 Å². The molecule has 88 valence electrons. The molecule has 3 heteroatoms. The number of methoxy groups -OCH3 is 1. The van der Waals surface area contributed by atoms with Crippen molar-refractivity contribution in [2.75, 3.05) is 20.3 Å². The van der Waals surface area contributed by atoms with Gasteiger partial charge < -0.3 is 10.1 Å². The zero-order chi connectivity index (χ0) is 11.4. The van der Waals surface area contributed by atoms with E-state index in [0.717, 1.165) is 17.6 Å². The van der Waals surface area contributed by atoms with E-state index >= 15 is 0 Å². The van der Waals surface area contributed by atoms with E-state index in [1.165, 1.54) is 18.4 Å². The molecular formula is C13H18BrNO. The third-order valence-electron chi connectivity index (χ3n) is 3.20. The van der Waals surface area contributed by atoms with Gasteiger partial charge in [-0.25, -0.2) is 0 Å². The number of hydrogen-bond acceptors (Lipinski definition) is 2. The zero-order valence-corrected chi connectivity index (χ0v) is 11.2. The molecule has 1 fully saturated rings. The molecule has 0 aromatic heterocycles. The summed E-state index contributed by atoms with van der Waals surface area (Å²) in [5, 5.41) is 3.50. The summed E-state index contributed by atoms with van der Waals surface area (Å²) < 4.78 is 6.37. The van der Waals surface area contributed by atoms with Gasteiger partial charge in [0.25, 0.3) is 0 Å². The Labute approximate surface area is 106 Å². The van der Waals surface area contributed by atoms with Crippen LogP contribution in [0.5, 0.6) is 0 Å². The minimum Gasteiger partial charge on any atom is -0.383 e. The van der Waals surface area contributed by atoms with Crippen LogP contribution in [0.25, 0.3) is 0 Å². The highest BCUT2D eigenvalue weighted by molar-refractivity contribution is 9.10. The van der Waals surface area contributed by atoms with Gasteiger partial charge in [-0.2, -0.15) is 0 Å². The number of ether oxygens (including phenoxy) is 1. The fraction of sp³-hybridized carbons (Fsp3) is 0.538. The van der Waals surface area contributed by atoms with E-state index in [1.54, 1.807) is 7.11 Å². The van der Waals surface area contributed by atoms with Crippen molar-refractivity contribution in [3.8, 4) is 0 Å². The van der Waals surface area contributed by atoms with E-state index < -0.39 is 0 Å². The van der Waals surface area contributed by atoms with Crippen molar-refractivity contribution in [1.82, 2.24) is 5.32 Å². The van der Waals surface area contributed by atoms with E-state index in [9.17, 15) is 0 Å². The summed E-state index contributed by atoms with van der Waals surface area (Å²) >= 11 is 3.47. The standard InChI is InChI=1S/C13H18BrNO/c1-16-9-13-8-11(6-7-15-13)10-2-4-12(14)5-3-10/h2-5,11,13,15H,6-9H2,1H3. The maximum Gasteiger partial charge on any atom is 0.0616 e. The summed E-state index contributed by atoms with van der Waals surface area (Å²) in [6.07, 6.45) is 2.40. The van der Waals surface area contributed by atoms with Gasteiger partial charge in [0, 0.05) is 17.6 Å². The second-order valence-corrected chi connectivity index (χ2v) is 5.29. The lowest BCUT2D eigenvalue weighted by atomic mass is 9.87. The Kier molecular flexibility index (Phi) is 4.38. The normalized spacial score (nSPS) is 25.6. The van der Waals surface area contributed by atoms with Crippen LogP contribution in [0.3, 0.4) is 0 Å². The maximum atomic E-state index is 5.21. The first-order chi connectivity index (χ1) is 7.79. The van der Waals surface area contributed by atoms with Gasteiger partial charge in [-0.1, -0.05) is 28.1 Å². The smallest absolute Gasteiger partial charge is 0.0616 e. The van der Waals surface area contributed by atoms with Crippen molar-refractivity contribution >= 4 is 15.9 Å². The summed E-state index contributed by atoms with van der Waals surface area (Å²) in [5.41, 5.74) is 1.45. The minimum atomic E-state index is 0.507. The highest BCUT2D eigenvalue weighted by atomic mass is 79.9. The van der Waals surface area contributed by atoms with Gasteiger partial charge in [0.1, 0.15) is 0 Å². The van der Waals surface area contributed by atoms with Crippen LogP contribution < -0.4 is 5.32 Å². The lowest BCUT2D eigenvalue weighted by Crippen LogP contribution is -2.40. The van der Waals surface area contributed by atoms with Gasteiger partial charge in [-0.05, 0) is 43.0 Å². The monoisotopic (exact) mass is 283 g/mol. The molecule has 1 N–H and O–H groups in total. The van der Waals surface area contributed by atoms with E-state index in [0.29, 0.717) is 12.0 Å². The third kappa shape index (κ3) is 3.06. The summed E-state index contributed by atoms with van der Waals surface area (Å²) in [4.78, 5) is 0. The predicted octanol–water partition coefficient (Wildman–Crippen LogP) is 2.93. The second-order valence-electron chi connectivity index (χ2n) is 4.38. The van der Waals surface area contributed by atoms with E-state index in [1.807, 2.05) is 0 Å². The Morgan fingerprint density at radius 1 is 1.38 bits per heavy atom. The van der Waals surface area contributed by atoms with Crippen LogP contribution in [0.2, 0.25) is 0 Å². The average Bonchev–Trinajstić information content (AvgIpc) is 2.31.